The minimum absolute atomic E-state index is 0.106. The van der Waals surface area contributed by atoms with E-state index in [0.29, 0.717) is 5.92 Å². The largest absolute Gasteiger partial charge is 0.396 e. The summed E-state index contributed by atoms with van der Waals surface area (Å²) in [4.78, 5) is 0. The number of aliphatic hydroxyl groups excluding tert-OH is 2. The molecule has 0 aromatic rings. The Kier molecular flexibility index (Phi) is 1.82. The molecule has 0 aromatic carbocycles. The third kappa shape index (κ3) is 0.991. The Morgan fingerprint density at radius 3 is 2.33 bits per heavy atom. The number of aliphatic hydroxyl groups is 2. The zero-order chi connectivity index (χ0) is 6.91. The summed E-state index contributed by atoms with van der Waals surface area (Å²) in [5, 5.41) is 17.5. The van der Waals surface area contributed by atoms with Crippen LogP contribution in [0.15, 0.2) is 0 Å². The van der Waals surface area contributed by atoms with Gasteiger partial charge in [-0.3, -0.25) is 0 Å². The third-order valence-electron chi connectivity index (χ3n) is 2.60. The molecule has 9 heavy (non-hydrogen) atoms. The molecule has 0 aliphatic heterocycles. The highest BCUT2D eigenvalue weighted by molar-refractivity contribution is 6.09. The molecule has 0 bridgehead atoms. The van der Waals surface area contributed by atoms with Crippen LogP contribution < -0.4 is 0 Å². The van der Waals surface area contributed by atoms with E-state index in [1.807, 2.05) is 0 Å². The topological polar surface area (TPSA) is 40.5 Å². The molecular weight excluding hydrogens is 115 g/mol. The van der Waals surface area contributed by atoms with Crippen molar-refractivity contribution in [2.75, 3.05) is 13.2 Å². The van der Waals surface area contributed by atoms with Gasteiger partial charge in [0.15, 0.2) is 0 Å². The summed E-state index contributed by atoms with van der Waals surface area (Å²) in [6.07, 6.45) is 2.01. The van der Waals surface area contributed by atoms with Crippen LogP contribution in [0.4, 0.5) is 0 Å². The van der Waals surface area contributed by atoms with Crippen molar-refractivity contribution < 1.29 is 10.2 Å². The van der Waals surface area contributed by atoms with Crippen molar-refractivity contribution in [2.24, 2.45) is 11.3 Å². The van der Waals surface area contributed by atoms with Crippen LogP contribution in [0, 0.1) is 11.3 Å². The lowest BCUT2D eigenvalue weighted by Crippen LogP contribution is -2.10. The first-order valence-corrected chi connectivity index (χ1v) is 3.51. The summed E-state index contributed by atoms with van der Waals surface area (Å²) < 4.78 is 0. The van der Waals surface area contributed by atoms with Crippen molar-refractivity contribution in [3.8, 4) is 0 Å². The molecule has 2 atom stereocenters. The standard InChI is InChI=1S/C6H13BO2/c7-3-6(4-9)1-5(6)2-8/h5,8-9H,1-4,7H2. The van der Waals surface area contributed by atoms with Gasteiger partial charge in [0.25, 0.3) is 0 Å². The van der Waals surface area contributed by atoms with Crippen molar-refractivity contribution in [1.82, 2.24) is 0 Å². The lowest BCUT2D eigenvalue weighted by molar-refractivity contribution is 0.185. The van der Waals surface area contributed by atoms with E-state index in [1.165, 1.54) is 0 Å². The van der Waals surface area contributed by atoms with Gasteiger partial charge >= 0.3 is 0 Å². The Morgan fingerprint density at radius 2 is 2.22 bits per heavy atom. The van der Waals surface area contributed by atoms with Crippen LogP contribution in [0.2, 0.25) is 6.32 Å². The Morgan fingerprint density at radius 1 is 1.56 bits per heavy atom. The molecule has 2 unspecified atom stereocenters. The molecule has 3 heteroatoms. The summed E-state index contributed by atoms with van der Waals surface area (Å²) >= 11 is 0. The molecule has 1 rings (SSSR count). The van der Waals surface area contributed by atoms with Crippen LogP contribution in [0.3, 0.4) is 0 Å². The van der Waals surface area contributed by atoms with E-state index in [-0.39, 0.29) is 18.6 Å². The number of hydrogen-bond donors (Lipinski definition) is 2. The van der Waals surface area contributed by atoms with Gasteiger partial charge in [-0.1, -0.05) is 6.32 Å². The minimum Gasteiger partial charge on any atom is -0.396 e. The van der Waals surface area contributed by atoms with E-state index in [9.17, 15) is 0 Å². The summed E-state index contributed by atoms with van der Waals surface area (Å²) in [5.74, 6) is 0.382. The maximum absolute atomic E-state index is 8.85. The predicted molar refractivity (Wildman–Crippen MR) is 38.1 cm³/mol. The SMILES string of the molecule is BCC1(CO)CC1CO. The summed E-state index contributed by atoms with van der Waals surface area (Å²) in [6.45, 7) is 0.489. The minimum atomic E-state index is 0.106. The monoisotopic (exact) mass is 128 g/mol. The van der Waals surface area contributed by atoms with Gasteiger partial charge in [-0.15, -0.1) is 0 Å². The van der Waals surface area contributed by atoms with Gasteiger partial charge < -0.3 is 10.2 Å². The van der Waals surface area contributed by atoms with Crippen LogP contribution in [0.5, 0.6) is 0 Å². The van der Waals surface area contributed by atoms with Gasteiger partial charge in [-0.25, -0.2) is 0 Å². The van der Waals surface area contributed by atoms with Gasteiger partial charge in [-0.05, 0) is 17.8 Å². The average Bonchev–Trinajstić information content (AvgIpc) is 2.63. The zero-order valence-electron chi connectivity index (χ0n) is 5.80. The van der Waals surface area contributed by atoms with E-state index >= 15 is 0 Å². The first-order chi connectivity index (χ1) is 4.29. The summed E-state index contributed by atoms with van der Waals surface area (Å²) in [6, 6.07) is 0. The second kappa shape index (κ2) is 2.31. The first kappa shape index (κ1) is 7.10. The third-order valence-corrected chi connectivity index (χ3v) is 2.60. The summed E-state index contributed by atoms with van der Waals surface area (Å²) in [5.41, 5.74) is 0.106. The molecule has 2 N–H and O–H groups in total. The van der Waals surface area contributed by atoms with Crippen LogP contribution >= 0.6 is 0 Å². The molecule has 0 spiro atoms. The second-order valence-electron chi connectivity index (χ2n) is 2.96. The normalized spacial score (nSPS) is 40.9. The fourth-order valence-electron chi connectivity index (χ4n) is 1.43. The molecule has 0 amide bonds. The number of hydrogen-bond acceptors (Lipinski definition) is 2. The average molecular weight is 128 g/mol. The fourth-order valence-corrected chi connectivity index (χ4v) is 1.43. The highest BCUT2D eigenvalue weighted by Gasteiger charge is 2.51. The van der Waals surface area contributed by atoms with Gasteiger partial charge in [0, 0.05) is 13.2 Å². The molecule has 0 saturated heterocycles. The fraction of sp³-hybridized carbons (Fsp3) is 1.00. The van der Waals surface area contributed by atoms with E-state index in [4.69, 9.17) is 10.2 Å². The molecule has 1 fully saturated rings. The van der Waals surface area contributed by atoms with Crippen LogP contribution in [0.25, 0.3) is 0 Å². The Balaban J connectivity index is 2.37. The van der Waals surface area contributed by atoms with Crippen LogP contribution in [0.1, 0.15) is 6.42 Å². The smallest absolute Gasteiger partial charge is 0.102 e. The molecule has 0 aromatic heterocycles. The Labute approximate surface area is 56.3 Å². The Bertz CT molecular complexity index is 101. The maximum Gasteiger partial charge on any atom is 0.102 e. The van der Waals surface area contributed by atoms with Gasteiger partial charge in [0.05, 0.1) is 0 Å². The predicted octanol–water partition coefficient (Wildman–Crippen LogP) is -0.971. The molecular formula is C6H13BO2. The summed E-state index contributed by atoms with van der Waals surface area (Å²) in [7, 11) is 2.06. The van der Waals surface area contributed by atoms with E-state index < -0.39 is 0 Å². The maximum atomic E-state index is 8.85. The lowest BCUT2D eigenvalue weighted by Gasteiger charge is -2.08. The van der Waals surface area contributed by atoms with E-state index in [1.54, 1.807) is 0 Å². The van der Waals surface area contributed by atoms with E-state index in [0.717, 1.165) is 12.7 Å². The zero-order valence-corrected chi connectivity index (χ0v) is 5.80. The second-order valence-corrected chi connectivity index (χ2v) is 2.96. The van der Waals surface area contributed by atoms with Crippen molar-refractivity contribution in [3.05, 3.63) is 0 Å². The lowest BCUT2D eigenvalue weighted by atomic mass is 9.87. The van der Waals surface area contributed by atoms with Crippen molar-refractivity contribution in [3.63, 3.8) is 0 Å². The molecule has 0 radical (unpaired) electrons. The van der Waals surface area contributed by atoms with Crippen molar-refractivity contribution >= 4 is 7.85 Å². The first-order valence-electron chi connectivity index (χ1n) is 3.51. The number of rotatable bonds is 3. The molecule has 1 aliphatic rings. The van der Waals surface area contributed by atoms with Crippen molar-refractivity contribution in [1.29, 1.82) is 0 Å². The molecule has 1 aliphatic carbocycles. The van der Waals surface area contributed by atoms with Gasteiger partial charge in [-0.2, -0.15) is 0 Å². The molecule has 52 valence electrons. The highest BCUT2D eigenvalue weighted by Crippen LogP contribution is 2.54. The van der Waals surface area contributed by atoms with Gasteiger partial charge in [0.1, 0.15) is 7.85 Å². The van der Waals surface area contributed by atoms with E-state index in [2.05, 4.69) is 7.85 Å². The Hall–Kier alpha value is -0.0151. The molecule has 0 heterocycles. The van der Waals surface area contributed by atoms with Crippen LogP contribution in [-0.2, 0) is 0 Å². The highest BCUT2D eigenvalue weighted by atomic mass is 16.3. The molecule has 2 nitrogen and oxygen atoms in total. The van der Waals surface area contributed by atoms with Crippen molar-refractivity contribution in [2.45, 2.75) is 12.7 Å². The van der Waals surface area contributed by atoms with Crippen LogP contribution in [-0.4, -0.2) is 31.3 Å². The molecule has 1 saturated carbocycles. The van der Waals surface area contributed by atoms with Gasteiger partial charge in [0.2, 0.25) is 0 Å². The quantitative estimate of drug-likeness (QED) is 0.480.